The Labute approximate surface area is 182 Å². The van der Waals surface area contributed by atoms with Crippen molar-refractivity contribution in [2.45, 2.75) is 60.2 Å². The number of ether oxygens (including phenoxy) is 3. The molecule has 0 heterocycles. The van der Waals surface area contributed by atoms with Crippen molar-refractivity contribution in [2.75, 3.05) is 65.8 Å². The average molecular weight is 430 g/mol. The molecule has 0 rings (SSSR count). The Hall–Kier alpha value is -0.800. The standard InChI is InChI=1S/C19H40FN3O4.C2H6.3H2/c1-6-21-7-10-25-11-8-22-9-12-26-13-14-27-19(4,5)17(20)15-23-18(24)16(2)3;1-2;;;/h16-17,21-22H,6-15H2,1-5H3,(H,23,24);1-2H3;3*1H. The smallest absolute Gasteiger partial charge is 0.222 e. The van der Waals surface area contributed by atoms with Gasteiger partial charge >= 0.3 is 0 Å². The van der Waals surface area contributed by atoms with Gasteiger partial charge in [0, 0.05) is 29.8 Å². The lowest BCUT2D eigenvalue weighted by Gasteiger charge is -2.29. The first-order valence-electron chi connectivity index (χ1n) is 10.9. The fourth-order valence-electron chi connectivity index (χ4n) is 2.03. The molecule has 182 valence electrons. The van der Waals surface area contributed by atoms with Crippen molar-refractivity contribution < 1.29 is 27.7 Å². The molecular weight excluding hydrogens is 377 g/mol. The normalized spacial score (nSPS) is 12.4. The third kappa shape index (κ3) is 18.9. The van der Waals surface area contributed by atoms with Crippen molar-refractivity contribution in [3.8, 4) is 0 Å². The summed E-state index contributed by atoms with van der Waals surface area (Å²) in [5, 5.41) is 9.01. The fourth-order valence-corrected chi connectivity index (χ4v) is 2.03. The molecule has 1 unspecified atom stereocenters. The Morgan fingerprint density at radius 2 is 1.48 bits per heavy atom. The number of carbonyl (C=O) groups is 1. The number of alkyl halides is 1. The highest BCUT2D eigenvalue weighted by Crippen LogP contribution is 2.17. The van der Waals surface area contributed by atoms with Crippen LogP contribution in [0.25, 0.3) is 0 Å². The van der Waals surface area contributed by atoms with Crippen LogP contribution in [0.5, 0.6) is 0 Å². The number of rotatable bonds is 18. The molecule has 0 radical (unpaired) electrons. The summed E-state index contributed by atoms with van der Waals surface area (Å²) < 4.78 is 30.7. The first kappa shape index (κ1) is 30.4. The zero-order valence-corrected chi connectivity index (χ0v) is 19.7. The minimum atomic E-state index is -1.28. The van der Waals surface area contributed by atoms with Gasteiger partial charge in [0.15, 0.2) is 0 Å². The molecule has 1 amide bonds. The molecule has 0 saturated carbocycles. The monoisotopic (exact) mass is 429 g/mol. The van der Waals surface area contributed by atoms with E-state index < -0.39 is 11.8 Å². The van der Waals surface area contributed by atoms with E-state index in [1.54, 1.807) is 27.7 Å². The average Bonchev–Trinajstić information content (AvgIpc) is 2.70. The largest absolute Gasteiger partial charge is 0.379 e. The number of carbonyl (C=O) groups excluding carboxylic acids is 1. The van der Waals surface area contributed by atoms with Gasteiger partial charge in [0.1, 0.15) is 6.17 Å². The van der Waals surface area contributed by atoms with Crippen LogP contribution in [0.3, 0.4) is 0 Å². The maximum absolute atomic E-state index is 14.2. The summed E-state index contributed by atoms with van der Waals surface area (Å²) in [5.41, 5.74) is -0.976. The topological polar surface area (TPSA) is 80.8 Å². The number of halogens is 1. The minimum absolute atomic E-state index is 0. The highest BCUT2D eigenvalue weighted by Gasteiger charge is 2.30. The van der Waals surface area contributed by atoms with Crippen LogP contribution >= 0.6 is 0 Å². The van der Waals surface area contributed by atoms with E-state index in [4.69, 9.17) is 14.2 Å². The molecule has 0 aliphatic carbocycles. The van der Waals surface area contributed by atoms with Crippen molar-refractivity contribution in [1.29, 1.82) is 0 Å². The van der Waals surface area contributed by atoms with Crippen LogP contribution in [0.4, 0.5) is 4.39 Å². The Bertz CT molecular complexity index is 386. The van der Waals surface area contributed by atoms with Crippen LogP contribution in [0, 0.1) is 5.92 Å². The predicted molar refractivity (Wildman–Crippen MR) is 124 cm³/mol. The molecule has 0 saturated heterocycles. The second kappa shape index (κ2) is 20.5. The third-order valence-corrected chi connectivity index (χ3v) is 3.96. The molecule has 0 aromatic carbocycles. The molecule has 3 N–H and O–H groups in total. The SMILES string of the molecule is CC.CCNCCOCCNCCOCCOC(C)(C)C(F)CNC(=O)C(C)C.[HH].[HH].[HH]. The first-order chi connectivity index (χ1) is 13.8. The highest BCUT2D eigenvalue weighted by molar-refractivity contribution is 5.77. The molecule has 8 heteroatoms. The second-order valence-corrected chi connectivity index (χ2v) is 7.15. The maximum Gasteiger partial charge on any atom is 0.222 e. The molecule has 7 nitrogen and oxygen atoms in total. The van der Waals surface area contributed by atoms with Crippen LogP contribution < -0.4 is 16.0 Å². The highest BCUT2D eigenvalue weighted by atomic mass is 19.1. The van der Waals surface area contributed by atoms with E-state index in [1.165, 1.54) is 0 Å². The molecule has 0 aromatic rings. The Morgan fingerprint density at radius 3 is 2.00 bits per heavy atom. The van der Waals surface area contributed by atoms with Gasteiger partial charge in [-0.25, -0.2) is 4.39 Å². The van der Waals surface area contributed by atoms with Gasteiger partial charge in [-0.1, -0.05) is 34.6 Å². The van der Waals surface area contributed by atoms with Crippen LogP contribution in [0.1, 0.15) is 52.7 Å². The summed E-state index contributed by atoms with van der Waals surface area (Å²) in [6.07, 6.45) is -1.28. The van der Waals surface area contributed by atoms with Crippen LogP contribution in [-0.4, -0.2) is 83.4 Å². The van der Waals surface area contributed by atoms with Crippen LogP contribution in [0.15, 0.2) is 0 Å². The Morgan fingerprint density at radius 1 is 0.966 bits per heavy atom. The molecule has 29 heavy (non-hydrogen) atoms. The number of amides is 1. The Kier molecular flexibility index (Phi) is 21.5. The number of nitrogens with one attached hydrogen (secondary N) is 3. The number of likely N-dealkylation sites (N-methyl/N-ethyl adjacent to an activating group) is 1. The lowest BCUT2D eigenvalue weighted by molar-refractivity contribution is -0.125. The maximum atomic E-state index is 14.2. The van der Waals surface area contributed by atoms with Crippen LogP contribution in [0.2, 0.25) is 0 Å². The molecule has 0 aliphatic heterocycles. The Balaban J connectivity index is -0.000000471. The first-order valence-corrected chi connectivity index (χ1v) is 10.9. The molecule has 0 spiro atoms. The van der Waals surface area contributed by atoms with Crippen LogP contribution in [-0.2, 0) is 19.0 Å². The summed E-state index contributed by atoms with van der Waals surface area (Å²) in [6, 6.07) is 0. The second-order valence-electron chi connectivity index (χ2n) is 7.15. The summed E-state index contributed by atoms with van der Waals surface area (Å²) in [6.45, 7) is 18.9. The molecule has 1 atom stereocenters. The van der Waals surface area contributed by atoms with E-state index in [0.717, 1.165) is 32.8 Å². The number of hydrogen-bond donors (Lipinski definition) is 3. The van der Waals surface area contributed by atoms with Gasteiger partial charge in [0.2, 0.25) is 5.91 Å². The minimum Gasteiger partial charge on any atom is -0.379 e. The zero-order valence-electron chi connectivity index (χ0n) is 19.7. The van der Waals surface area contributed by atoms with E-state index in [2.05, 4.69) is 22.9 Å². The zero-order chi connectivity index (χ0) is 22.5. The fraction of sp³-hybridized carbons (Fsp3) is 0.952. The quantitative estimate of drug-likeness (QED) is 0.291. The van der Waals surface area contributed by atoms with Gasteiger partial charge in [-0.05, 0) is 20.4 Å². The van der Waals surface area contributed by atoms with E-state index in [1.807, 2.05) is 13.8 Å². The van der Waals surface area contributed by atoms with Gasteiger partial charge in [-0.15, -0.1) is 0 Å². The van der Waals surface area contributed by atoms with Gasteiger partial charge in [0.05, 0.1) is 45.2 Å². The molecular formula is C21H52FN3O4. The van der Waals surface area contributed by atoms with Crippen molar-refractivity contribution in [3.05, 3.63) is 0 Å². The van der Waals surface area contributed by atoms with Crippen molar-refractivity contribution in [3.63, 3.8) is 0 Å². The summed E-state index contributed by atoms with van der Waals surface area (Å²) in [5.74, 6) is -0.319. The summed E-state index contributed by atoms with van der Waals surface area (Å²) in [4.78, 5) is 11.5. The van der Waals surface area contributed by atoms with E-state index in [9.17, 15) is 9.18 Å². The van der Waals surface area contributed by atoms with Crippen molar-refractivity contribution in [1.82, 2.24) is 16.0 Å². The molecule has 0 aliphatic rings. The predicted octanol–water partition coefficient (Wildman–Crippen LogP) is 2.89. The van der Waals surface area contributed by atoms with Crippen molar-refractivity contribution >= 4 is 5.91 Å². The van der Waals surface area contributed by atoms with E-state index in [0.29, 0.717) is 26.4 Å². The van der Waals surface area contributed by atoms with Gasteiger partial charge in [-0.3, -0.25) is 4.79 Å². The van der Waals surface area contributed by atoms with E-state index >= 15 is 0 Å². The third-order valence-electron chi connectivity index (χ3n) is 3.96. The molecule has 0 bridgehead atoms. The number of hydrogen-bond acceptors (Lipinski definition) is 6. The van der Waals surface area contributed by atoms with Crippen molar-refractivity contribution in [2.24, 2.45) is 5.92 Å². The lowest BCUT2D eigenvalue weighted by atomic mass is 10.0. The molecule has 0 fully saturated rings. The summed E-state index contributed by atoms with van der Waals surface area (Å²) >= 11 is 0. The van der Waals surface area contributed by atoms with Gasteiger partial charge in [0.25, 0.3) is 0 Å². The van der Waals surface area contributed by atoms with Gasteiger partial charge in [-0.2, -0.15) is 0 Å². The molecule has 0 aromatic heterocycles. The van der Waals surface area contributed by atoms with E-state index in [-0.39, 0.29) is 22.6 Å². The summed E-state index contributed by atoms with van der Waals surface area (Å²) in [7, 11) is 0. The van der Waals surface area contributed by atoms with Gasteiger partial charge < -0.3 is 30.2 Å². The lowest BCUT2D eigenvalue weighted by Crippen LogP contribution is -2.45.